The third kappa shape index (κ3) is 6.19. The zero-order chi connectivity index (χ0) is 16.5. The summed E-state index contributed by atoms with van der Waals surface area (Å²) >= 11 is 10.8. The highest BCUT2D eigenvalue weighted by Gasteiger charge is 2.13. The molecular formula is C14H16Cl2O6. The molecule has 122 valence electrons. The highest BCUT2D eigenvalue weighted by molar-refractivity contribution is 6.18. The van der Waals surface area contributed by atoms with E-state index in [4.69, 9.17) is 32.7 Å². The molecule has 2 atom stereocenters. The number of carbonyl (C=O) groups excluding carboxylic acids is 2. The summed E-state index contributed by atoms with van der Waals surface area (Å²) in [4.78, 5) is 23.3. The lowest BCUT2D eigenvalue weighted by Crippen LogP contribution is -2.20. The lowest BCUT2D eigenvalue weighted by molar-refractivity contribution is 0.0294. The van der Waals surface area contributed by atoms with Gasteiger partial charge in [-0.05, 0) is 24.3 Å². The summed E-state index contributed by atoms with van der Waals surface area (Å²) in [7, 11) is 0. The normalized spacial score (nSPS) is 13.3. The van der Waals surface area contributed by atoms with Crippen molar-refractivity contribution in [3.05, 3.63) is 35.4 Å². The molecule has 8 heteroatoms. The fraction of sp³-hybridized carbons (Fsp3) is 0.429. The van der Waals surface area contributed by atoms with Crippen molar-refractivity contribution in [2.24, 2.45) is 0 Å². The molecule has 0 aromatic heterocycles. The van der Waals surface area contributed by atoms with Crippen LogP contribution in [0, 0.1) is 0 Å². The first-order chi connectivity index (χ1) is 10.5. The van der Waals surface area contributed by atoms with Crippen molar-refractivity contribution in [3.63, 3.8) is 0 Å². The van der Waals surface area contributed by atoms with E-state index in [0.717, 1.165) is 0 Å². The van der Waals surface area contributed by atoms with Gasteiger partial charge in [-0.25, -0.2) is 9.59 Å². The van der Waals surface area contributed by atoms with Crippen molar-refractivity contribution in [2.75, 3.05) is 25.0 Å². The number of hydrogen-bond donors (Lipinski definition) is 2. The maximum Gasteiger partial charge on any atom is 0.338 e. The molecule has 6 nitrogen and oxygen atoms in total. The minimum Gasteiger partial charge on any atom is -0.459 e. The van der Waals surface area contributed by atoms with E-state index in [1.807, 2.05) is 0 Å². The van der Waals surface area contributed by atoms with Crippen LogP contribution in [-0.4, -0.2) is 59.3 Å². The van der Waals surface area contributed by atoms with Gasteiger partial charge in [-0.2, -0.15) is 0 Å². The molecular weight excluding hydrogens is 335 g/mol. The lowest BCUT2D eigenvalue weighted by atomic mass is 10.1. The first kappa shape index (κ1) is 18.7. The van der Waals surface area contributed by atoms with Gasteiger partial charge in [0.15, 0.2) is 0 Å². The van der Waals surface area contributed by atoms with Crippen LogP contribution in [0.4, 0.5) is 0 Å². The quantitative estimate of drug-likeness (QED) is 0.540. The van der Waals surface area contributed by atoms with Crippen LogP contribution in [0.15, 0.2) is 24.3 Å². The van der Waals surface area contributed by atoms with Gasteiger partial charge in [-0.1, -0.05) is 0 Å². The highest BCUT2D eigenvalue weighted by atomic mass is 35.5. The van der Waals surface area contributed by atoms with E-state index in [9.17, 15) is 19.8 Å². The largest absolute Gasteiger partial charge is 0.459 e. The fourth-order valence-corrected chi connectivity index (χ4v) is 1.52. The molecule has 0 aliphatic carbocycles. The van der Waals surface area contributed by atoms with Gasteiger partial charge < -0.3 is 19.7 Å². The predicted octanol–water partition coefficient (Wildman–Crippen LogP) is 1.20. The van der Waals surface area contributed by atoms with E-state index in [-0.39, 0.29) is 36.1 Å². The van der Waals surface area contributed by atoms with E-state index in [1.165, 1.54) is 24.3 Å². The Balaban J connectivity index is 2.55. The Labute approximate surface area is 137 Å². The molecule has 0 aliphatic heterocycles. The van der Waals surface area contributed by atoms with Gasteiger partial charge in [0.2, 0.25) is 0 Å². The number of hydrogen-bond acceptors (Lipinski definition) is 6. The zero-order valence-electron chi connectivity index (χ0n) is 11.6. The van der Waals surface area contributed by atoms with E-state index < -0.39 is 24.1 Å². The molecule has 0 spiro atoms. The maximum atomic E-state index is 11.7. The Morgan fingerprint density at radius 2 is 1.18 bits per heavy atom. The van der Waals surface area contributed by atoms with Crippen LogP contribution < -0.4 is 0 Å². The second-order valence-corrected chi connectivity index (χ2v) is 5.01. The predicted molar refractivity (Wildman–Crippen MR) is 80.5 cm³/mol. The fourth-order valence-electron chi connectivity index (χ4n) is 1.34. The standard InChI is InChI=1S/C14H16Cl2O6/c15-5-11(17)7-21-13(19)9-1-2-10(4-3-9)14(20)22-8-12(18)6-16/h1-4,11-12,17-18H,5-8H2. The van der Waals surface area contributed by atoms with Gasteiger partial charge in [-0.3, -0.25) is 0 Å². The summed E-state index contributed by atoms with van der Waals surface area (Å²) in [6.45, 7) is -0.412. The number of esters is 2. The average Bonchev–Trinajstić information content (AvgIpc) is 2.56. The first-order valence-corrected chi connectivity index (χ1v) is 7.47. The molecule has 2 unspecified atom stereocenters. The topological polar surface area (TPSA) is 93.1 Å². The molecule has 1 aromatic carbocycles. The molecule has 0 radical (unpaired) electrons. The molecule has 0 aliphatic rings. The van der Waals surface area contributed by atoms with Crippen LogP contribution in [0.5, 0.6) is 0 Å². The molecule has 0 amide bonds. The summed E-state index contributed by atoms with van der Waals surface area (Å²) in [5.41, 5.74) is 0.443. The van der Waals surface area contributed by atoms with Gasteiger partial charge >= 0.3 is 11.9 Å². The van der Waals surface area contributed by atoms with Crippen molar-refractivity contribution in [2.45, 2.75) is 12.2 Å². The van der Waals surface area contributed by atoms with E-state index in [0.29, 0.717) is 0 Å². The second-order valence-electron chi connectivity index (χ2n) is 4.39. The molecule has 0 saturated carbocycles. The van der Waals surface area contributed by atoms with Gasteiger partial charge in [0.1, 0.15) is 25.4 Å². The summed E-state index contributed by atoms with van der Waals surface area (Å²) in [6, 6.07) is 5.57. The molecule has 0 saturated heterocycles. The Bertz CT molecular complexity index is 446. The number of rotatable bonds is 8. The SMILES string of the molecule is O=C(OCC(O)CCl)c1ccc(C(=O)OCC(O)CCl)cc1. The van der Waals surface area contributed by atoms with Gasteiger partial charge in [0, 0.05) is 0 Å². The van der Waals surface area contributed by atoms with Crippen LogP contribution in [0.1, 0.15) is 20.7 Å². The maximum absolute atomic E-state index is 11.7. The van der Waals surface area contributed by atoms with Crippen molar-refractivity contribution in [3.8, 4) is 0 Å². The van der Waals surface area contributed by atoms with Crippen molar-refractivity contribution in [1.29, 1.82) is 0 Å². The van der Waals surface area contributed by atoms with Crippen LogP contribution in [0.3, 0.4) is 0 Å². The smallest absolute Gasteiger partial charge is 0.338 e. The number of aliphatic hydroxyl groups is 2. The van der Waals surface area contributed by atoms with Crippen molar-refractivity contribution in [1.82, 2.24) is 0 Å². The summed E-state index contributed by atoms with van der Waals surface area (Å²) in [6.07, 6.45) is -1.85. The van der Waals surface area contributed by atoms with E-state index in [1.54, 1.807) is 0 Å². The van der Waals surface area contributed by atoms with Gasteiger partial charge in [0.05, 0.1) is 22.9 Å². The molecule has 1 rings (SSSR count). The molecule has 1 aromatic rings. The Morgan fingerprint density at radius 1 is 0.864 bits per heavy atom. The third-order valence-corrected chi connectivity index (χ3v) is 3.24. The number of carbonyl (C=O) groups is 2. The number of ether oxygens (including phenoxy) is 2. The van der Waals surface area contributed by atoms with Crippen molar-refractivity contribution < 1.29 is 29.3 Å². The third-order valence-electron chi connectivity index (χ3n) is 2.53. The Morgan fingerprint density at radius 3 is 1.45 bits per heavy atom. The van der Waals surface area contributed by atoms with Crippen LogP contribution in [0.2, 0.25) is 0 Å². The zero-order valence-corrected chi connectivity index (χ0v) is 13.1. The molecule has 2 N–H and O–H groups in total. The van der Waals surface area contributed by atoms with E-state index >= 15 is 0 Å². The average molecular weight is 351 g/mol. The van der Waals surface area contributed by atoms with Crippen LogP contribution >= 0.6 is 23.2 Å². The monoisotopic (exact) mass is 350 g/mol. The van der Waals surface area contributed by atoms with E-state index in [2.05, 4.69) is 0 Å². The number of aliphatic hydroxyl groups excluding tert-OH is 2. The number of halogens is 2. The van der Waals surface area contributed by atoms with Crippen LogP contribution in [-0.2, 0) is 9.47 Å². The molecule has 0 heterocycles. The van der Waals surface area contributed by atoms with Gasteiger partial charge in [0.25, 0.3) is 0 Å². The van der Waals surface area contributed by atoms with Gasteiger partial charge in [-0.15, -0.1) is 23.2 Å². The minimum absolute atomic E-state index is 0.0355. The van der Waals surface area contributed by atoms with Crippen molar-refractivity contribution >= 4 is 35.1 Å². The number of benzene rings is 1. The molecule has 0 fully saturated rings. The summed E-state index contributed by atoms with van der Waals surface area (Å²) in [5, 5.41) is 18.4. The Hall–Kier alpha value is -1.34. The molecule has 22 heavy (non-hydrogen) atoms. The first-order valence-electron chi connectivity index (χ1n) is 6.40. The summed E-state index contributed by atoms with van der Waals surface area (Å²) in [5.74, 6) is -1.35. The highest BCUT2D eigenvalue weighted by Crippen LogP contribution is 2.08. The Kier molecular flexibility index (Phi) is 8.19. The number of alkyl halides is 2. The summed E-state index contributed by atoms with van der Waals surface area (Å²) < 4.78 is 9.67. The second kappa shape index (κ2) is 9.63. The van der Waals surface area contributed by atoms with Crippen LogP contribution in [0.25, 0.3) is 0 Å². The lowest BCUT2D eigenvalue weighted by Gasteiger charge is -2.09. The minimum atomic E-state index is -0.923. The molecule has 0 bridgehead atoms.